The summed E-state index contributed by atoms with van der Waals surface area (Å²) in [6.07, 6.45) is 3.37. The van der Waals surface area contributed by atoms with Gasteiger partial charge in [-0.2, -0.15) is 0 Å². The molecule has 0 fully saturated rings. The molecule has 24 heavy (non-hydrogen) atoms. The summed E-state index contributed by atoms with van der Waals surface area (Å²) in [4.78, 5) is 25.8. The van der Waals surface area contributed by atoms with Crippen molar-refractivity contribution in [2.75, 3.05) is 13.7 Å². The molecule has 0 aliphatic carbocycles. The lowest BCUT2D eigenvalue weighted by Gasteiger charge is -2.19. The van der Waals surface area contributed by atoms with Crippen LogP contribution in [-0.2, 0) is 25.6 Å². The van der Waals surface area contributed by atoms with Gasteiger partial charge in [0.2, 0.25) is 0 Å². The largest absolute Gasteiger partial charge is 0.466 e. The van der Waals surface area contributed by atoms with Crippen LogP contribution in [0.25, 0.3) is 0 Å². The van der Waals surface area contributed by atoms with Gasteiger partial charge in [0.1, 0.15) is 12.0 Å². The molecule has 1 aromatic carbocycles. The second-order valence-electron chi connectivity index (χ2n) is 5.30. The minimum Gasteiger partial charge on any atom is -0.466 e. The Kier molecular flexibility index (Phi) is 6.14. The van der Waals surface area contributed by atoms with Crippen molar-refractivity contribution in [3.63, 3.8) is 0 Å². The number of nitrogens with zero attached hydrogens (tertiary/aromatic N) is 1. The van der Waals surface area contributed by atoms with Crippen molar-refractivity contribution < 1.29 is 24.2 Å². The fourth-order valence-corrected chi connectivity index (χ4v) is 2.43. The molecular formula is C18H21NO5. The van der Waals surface area contributed by atoms with Crippen molar-refractivity contribution in [3.05, 3.63) is 59.9 Å². The summed E-state index contributed by atoms with van der Waals surface area (Å²) >= 11 is 0. The van der Waals surface area contributed by atoms with Crippen LogP contribution in [0, 0.1) is 5.92 Å². The van der Waals surface area contributed by atoms with E-state index in [0.29, 0.717) is 6.54 Å². The second-order valence-corrected chi connectivity index (χ2v) is 5.30. The van der Waals surface area contributed by atoms with Crippen molar-refractivity contribution in [2.45, 2.75) is 19.6 Å². The fraction of sp³-hybridized carbons (Fsp3) is 0.333. The Hall–Kier alpha value is -2.60. The van der Waals surface area contributed by atoms with Crippen molar-refractivity contribution in [2.24, 2.45) is 5.92 Å². The lowest BCUT2D eigenvalue weighted by atomic mass is 9.96. The molecule has 0 spiro atoms. The molecule has 6 nitrogen and oxygen atoms in total. The van der Waals surface area contributed by atoms with Gasteiger partial charge in [-0.15, -0.1) is 0 Å². The van der Waals surface area contributed by atoms with E-state index in [1.807, 2.05) is 30.3 Å². The van der Waals surface area contributed by atoms with Crippen molar-refractivity contribution in [1.82, 2.24) is 4.90 Å². The summed E-state index contributed by atoms with van der Waals surface area (Å²) in [7, 11) is 1.23. The van der Waals surface area contributed by atoms with Gasteiger partial charge in [0.15, 0.2) is 0 Å². The molecule has 1 aromatic rings. The Labute approximate surface area is 141 Å². The first-order valence-electron chi connectivity index (χ1n) is 7.69. The lowest BCUT2D eigenvalue weighted by Crippen LogP contribution is -2.32. The Morgan fingerprint density at radius 2 is 1.96 bits per heavy atom. The summed E-state index contributed by atoms with van der Waals surface area (Å²) in [5.41, 5.74) is 1.03. The van der Waals surface area contributed by atoms with E-state index in [4.69, 9.17) is 9.47 Å². The number of carbonyl (C=O) groups excluding carboxylic acids is 2. The molecule has 0 amide bonds. The number of aliphatic hydroxyl groups is 1. The first kappa shape index (κ1) is 17.7. The maximum Gasteiger partial charge on any atom is 0.337 e. The minimum atomic E-state index is -1.33. The highest BCUT2D eigenvalue weighted by atomic mass is 16.5. The number of ether oxygens (including phenoxy) is 2. The first-order chi connectivity index (χ1) is 11.6. The number of benzene rings is 1. The van der Waals surface area contributed by atoms with Gasteiger partial charge < -0.3 is 19.5 Å². The van der Waals surface area contributed by atoms with Crippen LogP contribution in [0.15, 0.2) is 54.4 Å². The number of methoxy groups -OCH3 is 1. The van der Waals surface area contributed by atoms with E-state index >= 15 is 0 Å². The zero-order valence-corrected chi connectivity index (χ0v) is 13.7. The number of hydrogen-bond donors (Lipinski definition) is 1. The van der Waals surface area contributed by atoms with E-state index in [9.17, 15) is 14.7 Å². The lowest BCUT2D eigenvalue weighted by molar-refractivity contribution is -0.149. The Balaban J connectivity index is 2.31. The number of esters is 2. The summed E-state index contributed by atoms with van der Waals surface area (Å²) in [5, 5.41) is 10.4. The number of aliphatic hydroxyl groups excluding tert-OH is 1. The summed E-state index contributed by atoms with van der Waals surface area (Å²) in [5.74, 6) is -2.23. The zero-order valence-electron chi connectivity index (χ0n) is 13.7. The van der Waals surface area contributed by atoms with Crippen LogP contribution in [0.3, 0.4) is 0 Å². The number of carbonyl (C=O) groups is 2. The quantitative estimate of drug-likeness (QED) is 0.826. The third-order valence-electron chi connectivity index (χ3n) is 3.64. The minimum absolute atomic E-state index is 0.0106. The average Bonchev–Trinajstić information content (AvgIpc) is 2.75. The smallest absolute Gasteiger partial charge is 0.337 e. The number of rotatable bonds is 5. The van der Waals surface area contributed by atoms with Crippen LogP contribution in [0.4, 0.5) is 0 Å². The van der Waals surface area contributed by atoms with Gasteiger partial charge in [-0.05, 0) is 12.5 Å². The molecule has 1 heterocycles. The normalized spacial score (nSPS) is 20.1. The van der Waals surface area contributed by atoms with Crippen LogP contribution in [0.2, 0.25) is 0 Å². The molecule has 6 heteroatoms. The van der Waals surface area contributed by atoms with Gasteiger partial charge in [0.05, 0.1) is 19.3 Å². The molecule has 128 valence electrons. The van der Waals surface area contributed by atoms with Crippen LogP contribution in [-0.4, -0.2) is 41.8 Å². The molecule has 0 saturated heterocycles. The van der Waals surface area contributed by atoms with Crippen molar-refractivity contribution >= 4 is 11.9 Å². The molecule has 0 unspecified atom stereocenters. The Bertz CT molecular complexity index is 638. The molecule has 0 radical (unpaired) electrons. The summed E-state index contributed by atoms with van der Waals surface area (Å²) in [6.45, 7) is 2.37. The molecule has 0 saturated carbocycles. The topological polar surface area (TPSA) is 76.1 Å². The van der Waals surface area contributed by atoms with E-state index in [1.165, 1.54) is 19.4 Å². The van der Waals surface area contributed by atoms with Gasteiger partial charge in [-0.1, -0.05) is 36.4 Å². The van der Waals surface area contributed by atoms with Gasteiger partial charge in [0, 0.05) is 18.9 Å². The molecule has 1 N–H and O–H groups in total. The molecular weight excluding hydrogens is 310 g/mol. The highest BCUT2D eigenvalue weighted by Crippen LogP contribution is 2.23. The van der Waals surface area contributed by atoms with Crippen LogP contribution in [0.5, 0.6) is 0 Å². The molecule has 0 aromatic heterocycles. The van der Waals surface area contributed by atoms with Crippen LogP contribution >= 0.6 is 0 Å². The molecule has 0 bridgehead atoms. The van der Waals surface area contributed by atoms with E-state index < -0.39 is 24.0 Å². The van der Waals surface area contributed by atoms with E-state index in [-0.39, 0.29) is 12.2 Å². The predicted octanol–water partition coefficient (Wildman–Crippen LogP) is 1.61. The van der Waals surface area contributed by atoms with Crippen molar-refractivity contribution in [3.8, 4) is 0 Å². The Morgan fingerprint density at radius 3 is 2.58 bits per heavy atom. The van der Waals surface area contributed by atoms with Gasteiger partial charge in [-0.25, -0.2) is 4.79 Å². The van der Waals surface area contributed by atoms with E-state index in [0.717, 1.165) is 5.56 Å². The van der Waals surface area contributed by atoms with Crippen molar-refractivity contribution in [1.29, 1.82) is 0 Å². The third kappa shape index (κ3) is 4.23. The maximum atomic E-state index is 12.1. The standard InChI is InChI=1S/C18H21NO5/c1-3-24-18(22)14-9-10-19(11-13-7-5-4-6-8-13)12-15(16(14)20)17(21)23-2/h4-10,12,14,16,20H,3,11H2,1-2H3/t14-,16-/m0/s1. The highest BCUT2D eigenvalue weighted by molar-refractivity contribution is 5.91. The third-order valence-corrected chi connectivity index (χ3v) is 3.64. The average molecular weight is 331 g/mol. The Morgan fingerprint density at radius 1 is 1.25 bits per heavy atom. The van der Waals surface area contributed by atoms with Gasteiger partial charge in [0.25, 0.3) is 0 Å². The molecule has 2 rings (SSSR count). The molecule has 1 aliphatic heterocycles. The zero-order chi connectivity index (χ0) is 17.5. The van der Waals surface area contributed by atoms with Crippen LogP contribution in [0.1, 0.15) is 12.5 Å². The fourth-order valence-electron chi connectivity index (χ4n) is 2.43. The molecule has 2 atom stereocenters. The van der Waals surface area contributed by atoms with Gasteiger partial charge in [-0.3, -0.25) is 4.79 Å². The SMILES string of the molecule is CCOC(=O)[C@H]1C=CN(Cc2ccccc2)C=C(C(=O)OC)[C@H]1O. The van der Waals surface area contributed by atoms with E-state index in [2.05, 4.69) is 0 Å². The maximum absolute atomic E-state index is 12.1. The first-order valence-corrected chi connectivity index (χ1v) is 7.69. The second kappa shape index (κ2) is 8.31. The number of hydrogen-bond acceptors (Lipinski definition) is 6. The summed E-state index contributed by atoms with van der Waals surface area (Å²) in [6, 6.07) is 9.64. The van der Waals surface area contributed by atoms with Gasteiger partial charge >= 0.3 is 11.9 Å². The molecule has 1 aliphatic rings. The highest BCUT2D eigenvalue weighted by Gasteiger charge is 2.34. The van der Waals surface area contributed by atoms with Crippen LogP contribution < -0.4 is 0 Å². The summed E-state index contributed by atoms with van der Waals surface area (Å²) < 4.78 is 9.70. The monoisotopic (exact) mass is 331 g/mol. The predicted molar refractivity (Wildman–Crippen MR) is 87.4 cm³/mol. The van der Waals surface area contributed by atoms with E-state index in [1.54, 1.807) is 18.0 Å².